The smallest absolute Gasteiger partial charge is 0.226 e. The van der Waals surface area contributed by atoms with Gasteiger partial charge in [-0.3, -0.25) is 19.7 Å². The Morgan fingerprint density at radius 3 is 2.78 bits per heavy atom. The van der Waals surface area contributed by atoms with Crippen LogP contribution < -0.4 is 10.7 Å². The molecule has 6 heterocycles. The summed E-state index contributed by atoms with van der Waals surface area (Å²) in [6, 6.07) is 5.93. The van der Waals surface area contributed by atoms with Crippen molar-refractivity contribution < 1.29 is 4.79 Å². The zero-order valence-electron chi connectivity index (χ0n) is 19.6. The molecule has 0 unspecified atom stereocenters. The number of fused-ring (bicyclic) bond motifs is 2. The molecule has 0 saturated carbocycles. The highest BCUT2D eigenvalue weighted by Crippen LogP contribution is 2.30. The van der Waals surface area contributed by atoms with Crippen LogP contribution >= 0.6 is 11.3 Å². The number of hydrogen-bond acceptors (Lipinski definition) is 8. The number of rotatable bonds is 5. The van der Waals surface area contributed by atoms with Gasteiger partial charge >= 0.3 is 0 Å². The van der Waals surface area contributed by atoms with Crippen molar-refractivity contribution >= 4 is 39.7 Å². The van der Waals surface area contributed by atoms with Crippen molar-refractivity contribution in [2.75, 3.05) is 5.32 Å². The third-order valence-electron chi connectivity index (χ3n) is 5.98. The second-order valence-corrected chi connectivity index (χ2v) is 9.59. The number of hydrazone groups is 1. The molecule has 0 spiro atoms. The number of pyridine rings is 3. The predicted octanol–water partition coefficient (Wildman–Crippen LogP) is 4.59. The summed E-state index contributed by atoms with van der Waals surface area (Å²) in [7, 11) is 0. The molecule has 0 atom stereocenters. The van der Waals surface area contributed by atoms with E-state index in [1.807, 2.05) is 43.8 Å². The summed E-state index contributed by atoms with van der Waals surface area (Å²) in [5.41, 5.74) is 11.6. The van der Waals surface area contributed by atoms with Crippen molar-refractivity contribution in [2.45, 2.75) is 20.4 Å². The molecule has 5 aromatic heterocycles. The number of H-pyrrole nitrogens is 1. The fourth-order valence-electron chi connectivity index (χ4n) is 4.06. The number of imidazole rings is 1. The minimum Gasteiger partial charge on any atom is -0.335 e. The van der Waals surface area contributed by atoms with E-state index in [1.54, 1.807) is 29.9 Å². The summed E-state index contributed by atoms with van der Waals surface area (Å²) in [6.07, 6.45) is 8.82. The summed E-state index contributed by atoms with van der Waals surface area (Å²) in [6.45, 7) is 4.27. The zero-order chi connectivity index (χ0) is 24.6. The number of hydrogen-bond donors (Lipinski definition) is 3. The Morgan fingerprint density at radius 1 is 1.06 bits per heavy atom. The molecule has 9 nitrogen and oxygen atoms in total. The van der Waals surface area contributed by atoms with Crippen molar-refractivity contribution in [2.24, 2.45) is 11.0 Å². The first-order valence-corrected chi connectivity index (χ1v) is 12.4. The average Bonchev–Trinajstić information content (AvgIpc) is 3.58. The molecule has 0 bridgehead atoms. The van der Waals surface area contributed by atoms with E-state index in [-0.39, 0.29) is 11.8 Å². The maximum absolute atomic E-state index is 12.1. The molecular weight excluding hydrogens is 472 g/mol. The Balaban J connectivity index is 1.39. The Labute approximate surface area is 210 Å². The summed E-state index contributed by atoms with van der Waals surface area (Å²) >= 11 is 1.64. The van der Waals surface area contributed by atoms with Crippen LogP contribution in [0.2, 0.25) is 0 Å². The minimum atomic E-state index is -0.124. The van der Waals surface area contributed by atoms with E-state index in [0.717, 1.165) is 44.5 Å². The van der Waals surface area contributed by atoms with Crippen molar-refractivity contribution in [3.63, 3.8) is 0 Å². The molecule has 0 aliphatic carbocycles. The fourth-order valence-corrected chi connectivity index (χ4v) is 4.71. The molecular formula is C26H22N8OS. The normalized spacial score (nSPS) is 12.8. The molecule has 5 aromatic rings. The van der Waals surface area contributed by atoms with Crippen molar-refractivity contribution in [1.29, 1.82) is 0 Å². The average molecular weight is 495 g/mol. The number of aromatic nitrogens is 5. The van der Waals surface area contributed by atoms with Crippen LogP contribution in [0.15, 0.2) is 65.0 Å². The highest BCUT2D eigenvalue weighted by Gasteiger charge is 2.22. The van der Waals surface area contributed by atoms with Crippen LogP contribution in [0.3, 0.4) is 0 Å². The van der Waals surface area contributed by atoms with Crippen LogP contribution in [0, 0.1) is 5.92 Å². The highest BCUT2D eigenvalue weighted by molar-refractivity contribution is 7.08. The number of anilines is 1. The molecule has 0 radical (unpaired) electrons. The monoisotopic (exact) mass is 494 g/mol. The third-order valence-corrected chi connectivity index (χ3v) is 6.66. The van der Waals surface area contributed by atoms with Crippen LogP contribution in [0.25, 0.3) is 33.4 Å². The van der Waals surface area contributed by atoms with E-state index in [4.69, 9.17) is 4.98 Å². The van der Waals surface area contributed by atoms with E-state index in [2.05, 4.69) is 47.2 Å². The highest BCUT2D eigenvalue weighted by atomic mass is 32.1. The van der Waals surface area contributed by atoms with E-state index >= 15 is 0 Å². The Bertz CT molecular complexity index is 1620. The number of amides is 1. The lowest BCUT2D eigenvalue weighted by Gasteiger charge is -2.17. The van der Waals surface area contributed by atoms with E-state index in [1.165, 1.54) is 0 Å². The van der Waals surface area contributed by atoms with Crippen LogP contribution in [-0.2, 0) is 11.3 Å². The summed E-state index contributed by atoms with van der Waals surface area (Å²) in [4.78, 5) is 33.8. The summed E-state index contributed by atoms with van der Waals surface area (Å²) < 4.78 is 0. The van der Waals surface area contributed by atoms with Crippen molar-refractivity contribution in [1.82, 2.24) is 30.3 Å². The van der Waals surface area contributed by atoms with Gasteiger partial charge in [0.15, 0.2) is 5.82 Å². The topological polar surface area (TPSA) is 121 Å². The van der Waals surface area contributed by atoms with Gasteiger partial charge in [-0.25, -0.2) is 4.98 Å². The standard InChI is InChI=1S/C26H22N8OS/c1-14(2)26(35)31-18-5-16(7-27-10-18)21-6-19-17(8-29-21)9-30-34-24(19)25-32-22-12-28-11-20(23(22)33-25)15-3-4-36-13-15/h3-8,10-14,30H,9H2,1-2H3,(H,31,35)(H,32,33). The van der Waals surface area contributed by atoms with Gasteiger partial charge in [-0.1, -0.05) is 13.8 Å². The SMILES string of the molecule is CC(C)C(=O)Nc1cncc(-c2cc3c(cn2)CNN=C3c2nc3c(-c4ccsc4)cncc3[nH]2)c1. The molecule has 0 fully saturated rings. The van der Waals surface area contributed by atoms with Crippen molar-refractivity contribution in [3.05, 3.63) is 76.9 Å². The first-order chi connectivity index (χ1) is 17.6. The predicted molar refractivity (Wildman–Crippen MR) is 141 cm³/mol. The lowest BCUT2D eigenvalue weighted by molar-refractivity contribution is -0.118. The largest absolute Gasteiger partial charge is 0.335 e. The molecule has 10 heteroatoms. The second-order valence-electron chi connectivity index (χ2n) is 8.81. The Hall–Kier alpha value is -4.44. The number of aromatic amines is 1. The van der Waals surface area contributed by atoms with Gasteiger partial charge in [0.2, 0.25) is 5.91 Å². The molecule has 0 saturated heterocycles. The fraction of sp³-hybridized carbons (Fsp3) is 0.154. The first-order valence-electron chi connectivity index (χ1n) is 11.5. The van der Waals surface area contributed by atoms with Gasteiger partial charge in [-0.2, -0.15) is 16.4 Å². The second kappa shape index (κ2) is 8.97. The van der Waals surface area contributed by atoms with Gasteiger partial charge in [0.05, 0.1) is 35.8 Å². The van der Waals surface area contributed by atoms with Gasteiger partial charge in [0, 0.05) is 46.8 Å². The lowest BCUT2D eigenvalue weighted by Crippen LogP contribution is -2.22. The Morgan fingerprint density at radius 2 is 1.94 bits per heavy atom. The maximum atomic E-state index is 12.1. The van der Waals surface area contributed by atoms with Gasteiger partial charge in [0.1, 0.15) is 11.2 Å². The van der Waals surface area contributed by atoms with Crippen LogP contribution in [-0.4, -0.2) is 36.5 Å². The number of nitrogens with zero attached hydrogens (tertiary/aromatic N) is 5. The molecule has 1 aliphatic rings. The quantitative estimate of drug-likeness (QED) is 0.329. The van der Waals surface area contributed by atoms with Gasteiger partial charge in [0.25, 0.3) is 0 Å². The van der Waals surface area contributed by atoms with Crippen molar-refractivity contribution in [3.8, 4) is 22.4 Å². The molecule has 1 aliphatic heterocycles. The van der Waals surface area contributed by atoms with E-state index in [9.17, 15) is 4.79 Å². The molecule has 6 rings (SSSR count). The van der Waals surface area contributed by atoms with Gasteiger partial charge < -0.3 is 15.7 Å². The van der Waals surface area contributed by atoms with Gasteiger partial charge in [-0.15, -0.1) is 0 Å². The van der Waals surface area contributed by atoms with E-state index in [0.29, 0.717) is 23.8 Å². The number of carbonyl (C=O) groups is 1. The van der Waals surface area contributed by atoms with Crippen LogP contribution in [0.1, 0.15) is 30.8 Å². The molecule has 178 valence electrons. The summed E-state index contributed by atoms with van der Waals surface area (Å²) in [5, 5.41) is 11.6. The van der Waals surface area contributed by atoms with Crippen LogP contribution in [0.4, 0.5) is 5.69 Å². The maximum Gasteiger partial charge on any atom is 0.226 e. The number of thiophene rings is 1. The number of nitrogens with one attached hydrogen (secondary N) is 3. The van der Waals surface area contributed by atoms with E-state index < -0.39 is 0 Å². The first kappa shape index (κ1) is 22.1. The Kier molecular flexibility index (Phi) is 5.49. The molecule has 36 heavy (non-hydrogen) atoms. The van der Waals surface area contributed by atoms with Crippen LogP contribution in [0.5, 0.6) is 0 Å². The summed E-state index contributed by atoms with van der Waals surface area (Å²) in [5.74, 6) is 0.464. The number of carbonyl (C=O) groups excluding carboxylic acids is 1. The molecule has 0 aromatic carbocycles. The molecule has 3 N–H and O–H groups in total. The zero-order valence-corrected chi connectivity index (χ0v) is 20.4. The lowest BCUT2D eigenvalue weighted by atomic mass is 10.0. The minimum absolute atomic E-state index is 0.0611. The molecule has 1 amide bonds. The van der Waals surface area contributed by atoms with Gasteiger partial charge in [-0.05, 0) is 34.5 Å². The third kappa shape index (κ3) is 4.01.